The number of likely N-dealkylation sites (tertiary alicyclic amines) is 1. The molecule has 0 spiro atoms. The van der Waals surface area contributed by atoms with Gasteiger partial charge in [-0.1, -0.05) is 12.8 Å². The summed E-state index contributed by atoms with van der Waals surface area (Å²) in [6.45, 7) is 3.45. The van der Waals surface area contributed by atoms with Crippen LogP contribution in [-0.2, 0) is 0 Å². The smallest absolute Gasteiger partial charge is 0.323 e. The van der Waals surface area contributed by atoms with Crippen LogP contribution < -0.4 is 11.1 Å². The van der Waals surface area contributed by atoms with E-state index in [1.807, 2.05) is 11.8 Å². The third kappa shape index (κ3) is 2.69. The molecule has 1 aliphatic rings. The van der Waals surface area contributed by atoms with E-state index in [1.165, 1.54) is 12.8 Å². The van der Waals surface area contributed by atoms with Crippen molar-refractivity contribution in [1.29, 1.82) is 0 Å². The van der Waals surface area contributed by atoms with Crippen LogP contribution in [-0.4, -0.2) is 34.2 Å². The fourth-order valence-corrected chi connectivity index (χ4v) is 1.99. The Hall–Kier alpha value is -1.72. The van der Waals surface area contributed by atoms with Crippen molar-refractivity contribution >= 4 is 17.5 Å². The number of nitrogens with zero attached hydrogens (tertiary/aromatic N) is 2. The summed E-state index contributed by atoms with van der Waals surface area (Å²) in [5.74, 6) is 0.428. The Bertz CT molecular complexity index is 393. The molecule has 4 N–H and O–H groups in total. The molecule has 0 unspecified atom stereocenters. The average Bonchev–Trinajstić information content (AvgIpc) is 2.59. The molecule has 2 heterocycles. The van der Waals surface area contributed by atoms with E-state index in [-0.39, 0.29) is 6.03 Å². The molecule has 0 radical (unpaired) electrons. The Balaban J connectivity index is 1.98. The standard InChI is InChI=1S/C11H19N5O/c1-8-9(12)10(15-14-8)13-11(17)16-6-4-2-3-5-7-16/h2-7,12H2,1H3,(H2,13,14,15,17). The molecular formula is C11H19N5O. The molecule has 2 amide bonds. The van der Waals surface area contributed by atoms with E-state index in [2.05, 4.69) is 15.5 Å². The van der Waals surface area contributed by atoms with Gasteiger partial charge in [-0.05, 0) is 19.8 Å². The highest BCUT2D eigenvalue weighted by molar-refractivity contribution is 5.91. The second-order valence-corrected chi connectivity index (χ2v) is 4.44. The molecule has 1 saturated heterocycles. The number of amides is 2. The Morgan fingerprint density at radius 2 is 2.00 bits per heavy atom. The lowest BCUT2D eigenvalue weighted by molar-refractivity contribution is 0.213. The van der Waals surface area contributed by atoms with E-state index in [4.69, 9.17) is 5.73 Å². The number of H-pyrrole nitrogens is 1. The number of urea groups is 1. The first-order chi connectivity index (χ1) is 8.18. The molecule has 1 aliphatic heterocycles. The van der Waals surface area contributed by atoms with Crippen LogP contribution >= 0.6 is 0 Å². The number of aromatic nitrogens is 2. The molecule has 1 fully saturated rings. The number of aryl methyl sites for hydroxylation is 1. The number of nitrogen functional groups attached to an aromatic ring is 1. The van der Waals surface area contributed by atoms with Gasteiger partial charge < -0.3 is 10.6 Å². The predicted molar refractivity (Wildman–Crippen MR) is 66.8 cm³/mol. The minimum Gasteiger partial charge on any atom is -0.394 e. The van der Waals surface area contributed by atoms with Crippen molar-refractivity contribution < 1.29 is 4.79 Å². The highest BCUT2D eigenvalue weighted by Crippen LogP contribution is 2.19. The maximum atomic E-state index is 12.0. The van der Waals surface area contributed by atoms with Crippen LogP contribution in [0.2, 0.25) is 0 Å². The minimum atomic E-state index is -0.106. The number of rotatable bonds is 1. The van der Waals surface area contributed by atoms with Crippen molar-refractivity contribution in [3.8, 4) is 0 Å². The molecule has 0 atom stereocenters. The van der Waals surface area contributed by atoms with E-state index in [0.717, 1.165) is 31.6 Å². The third-order valence-corrected chi connectivity index (χ3v) is 3.11. The molecule has 1 aromatic heterocycles. The fraction of sp³-hybridized carbons (Fsp3) is 0.636. The summed E-state index contributed by atoms with van der Waals surface area (Å²) in [6.07, 6.45) is 4.55. The van der Waals surface area contributed by atoms with Gasteiger partial charge in [0.05, 0.1) is 11.4 Å². The van der Waals surface area contributed by atoms with Gasteiger partial charge in [-0.25, -0.2) is 4.79 Å². The minimum absolute atomic E-state index is 0.106. The van der Waals surface area contributed by atoms with Crippen molar-refractivity contribution in [2.45, 2.75) is 32.6 Å². The van der Waals surface area contributed by atoms with Gasteiger partial charge in [-0.15, -0.1) is 0 Å². The van der Waals surface area contributed by atoms with Gasteiger partial charge in [0.25, 0.3) is 0 Å². The van der Waals surface area contributed by atoms with Gasteiger partial charge in [0.2, 0.25) is 0 Å². The maximum Gasteiger partial charge on any atom is 0.323 e. The van der Waals surface area contributed by atoms with E-state index in [1.54, 1.807) is 0 Å². The lowest BCUT2D eigenvalue weighted by Gasteiger charge is -2.20. The number of hydrogen-bond donors (Lipinski definition) is 3. The monoisotopic (exact) mass is 237 g/mol. The number of nitrogens with two attached hydrogens (primary N) is 1. The van der Waals surface area contributed by atoms with Gasteiger partial charge in [0, 0.05) is 13.1 Å². The number of carbonyl (C=O) groups excluding carboxylic acids is 1. The quantitative estimate of drug-likeness (QED) is 0.694. The van der Waals surface area contributed by atoms with Crippen LogP contribution in [0.25, 0.3) is 0 Å². The van der Waals surface area contributed by atoms with Crippen LogP contribution in [0.3, 0.4) is 0 Å². The molecule has 94 valence electrons. The SMILES string of the molecule is Cc1[nH]nc(NC(=O)N2CCCCCC2)c1N. The maximum absolute atomic E-state index is 12.0. The summed E-state index contributed by atoms with van der Waals surface area (Å²) in [5, 5.41) is 9.46. The lowest BCUT2D eigenvalue weighted by atomic mass is 10.2. The summed E-state index contributed by atoms with van der Waals surface area (Å²) in [7, 11) is 0. The van der Waals surface area contributed by atoms with Crippen LogP contribution in [0.5, 0.6) is 0 Å². The molecule has 0 saturated carbocycles. The van der Waals surface area contributed by atoms with E-state index in [0.29, 0.717) is 11.5 Å². The normalized spacial score (nSPS) is 16.6. The van der Waals surface area contributed by atoms with Crippen molar-refractivity contribution in [1.82, 2.24) is 15.1 Å². The van der Waals surface area contributed by atoms with Gasteiger partial charge in [-0.2, -0.15) is 5.10 Å². The van der Waals surface area contributed by atoms with Crippen molar-refractivity contribution in [2.24, 2.45) is 0 Å². The first-order valence-electron chi connectivity index (χ1n) is 6.05. The largest absolute Gasteiger partial charge is 0.394 e. The molecule has 17 heavy (non-hydrogen) atoms. The lowest BCUT2D eigenvalue weighted by Crippen LogP contribution is -2.35. The Labute approximate surface area is 101 Å². The predicted octanol–water partition coefficient (Wildman–Crippen LogP) is 1.71. The zero-order valence-corrected chi connectivity index (χ0v) is 10.1. The molecule has 2 rings (SSSR count). The topological polar surface area (TPSA) is 87.0 Å². The highest BCUT2D eigenvalue weighted by atomic mass is 16.2. The van der Waals surface area contributed by atoms with Crippen molar-refractivity contribution in [2.75, 3.05) is 24.1 Å². The van der Waals surface area contributed by atoms with Crippen LogP contribution in [0, 0.1) is 6.92 Å². The Morgan fingerprint density at radius 3 is 2.53 bits per heavy atom. The number of anilines is 2. The summed E-state index contributed by atoms with van der Waals surface area (Å²) in [5.41, 5.74) is 7.07. The third-order valence-electron chi connectivity index (χ3n) is 3.11. The second-order valence-electron chi connectivity index (χ2n) is 4.44. The molecule has 6 heteroatoms. The Kier molecular flexibility index (Phi) is 3.51. The average molecular weight is 237 g/mol. The molecule has 0 aliphatic carbocycles. The van der Waals surface area contributed by atoms with E-state index in [9.17, 15) is 4.79 Å². The summed E-state index contributed by atoms with van der Waals surface area (Å²) in [4.78, 5) is 13.8. The van der Waals surface area contributed by atoms with Crippen LogP contribution in [0.4, 0.5) is 16.3 Å². The van der Waals surface area contributed by atoms with Crippen molar-refractivity contribution in [3.63, 3.8) is 0 Å². The highest BCUT2D eigenvalue weighted by Gasteiger charge is 2.17. The molecule has 1 aromatic rings. The van der Waals surface area contributed by atoms with Gasteiger partial charge in [0.1, 0.15) is 0 Å². The van der Waals surface area contributed by atoms with Crippen LogP contribution in [0.1, 0.15) is 31.4 Å². The number of hydrogen-bond acceptors (Lipinski definition) is 3. The number of carbonyl (C=O) groups is 1. The summed E-state index contributed by atoms with van der Waals surface area (Å²) in [6, 6.07) is -0.106. The number of aromatic amines is 1. The van der Waals surface area contributed by atoms with Crippen LogP contribution in [0.15, 0.2) is 0 Å². The fourth-order valence-electron chi connectivity index (χ4n) is 1.99. The molecular weight excluding hydrogens is 218 g/mol. The van der Waals surface area contributed by atoms with Gasteiger partial charge in [0.15, 0.2) is 5.82 Å². The van der Waals surface area contributed by atoms with E-state index >= 15 is 0 Å². The molecule has 0 bridgehead atoms. The van der Waals surface area contributed by atoms with Gasteiger partial charge >= 0.3 is 6.03 Å². The van der Waals surface area contributed by atoms with Gasteiger partial charge in [-0.3, -0.25) is 10.4 Å². The molecule has 6 nitrogen and oxygen atoms in total. The first-order valence-corrected chi connectivity index (χ1v) is 6.05. The van der Waals surface area contributed by atoms with Crippen molar-refractivity contribution in [3.05, 3.63) is 5.69 Å². The number of nitrogens with one attached hydrogen (secondary N) is 2. The zero-order chi connectivity index (χ0) is 12.3. The second kappa shape index (κ2) is 5.07. The van der Waals surface area contributed by atoms with E-state index < -0.39 is 0 Å². The first kappa shape index (κ1) is 11.8. The zero-order valence-electron chi connectivity index (χ0n) is 10.1. The Morgan fingerprint density at radius 1 is 1.35 bits per heavy atom. The molecule has 0 aromatic carbocycles. The summed E-state index contributed by atoms with van der Waals surface area (Å²) < 4.78 is 0. The summed E-state index contributed by atoms with van der Waals surface area (Å²) >= 11 is 0.